The molecule has 3 aromatic rings. The van der Waals surface area contributed by atoms with Crippen molar-refractivity contribution in [2.45, 2.75) is 46.6 Å². The summed E-state index contributed by atoms with van der Waals surface area (Å²) in [7, 11) is 0. The van der Waals surface area contributed by atoms with Crippen LogP contribution in [0.3, 0.4) is 0 Å². The van der Waals surface area contributed by atoms with Gasteiger partial charge in [0.05, 0.1) is 11.1 Å². The van der Waals surface area contributed by atoms with E-state index in [0.717, 1.165) is 55.4 Å². The van der Waals surface area contributed by atoms with E-state index in [-0.39, 0.29) is 12.3 Å². The number of amides is 1. The maximum Gasteiger partial charge on any atom is 0.310 e. The summed E-state index contributed by atoms with van der Waals surface area (Å²) in [6.45, 7) is 10.4. The zero-order valence-electron chi connectivity index (χ0n) is 23.6. The van der Waals surface area contributed by atoms with E-state index < -0.39 is 11.4 Å². The number of piperazine rings is 1. The van der Waals surface area contributed by atoms with Crippen molar-refractivity contribution in [1.82, 2.24) is 14.9 Å². The lowest BCUT2D eigenvalue weighted by molar-refractivity contribution is -0.151. The largest absolute Gasteiger partial charge is 0.481 e. The predicted octanol–water partition coefficient (Wildman–Crippen LogP) is 5.50. The number of anilines is 2. The number of carbonyl (C=O) groups excluding carboxylic acids is 1. The first-order chi connectivity index (χ1) is 19.3. The lowest BCUT2D eigenvalue weighted by Gasteiger charge is -2.35. The number of aryl methyl sites for hydroxylation is 1. The summed E-state index contributed by atoms with van der Waals surface area (Å²) in [6, 6.07) is 15.8. The van der Waals surface area contributed by atoms with Crippen molar-refractivity contribution in [3.8, 4) is 0 Å². The molecule has 1 aromatic carbocycles. The summed E-state index contributed by atoms with van der Waals surface area (Å²) < 4.78 is 0. The van der Waals surface area contributed by atoms with Crippen LogP contribution >= 0.6 is 0 Å². The SMILES string of the molecule is CCC(CC)(CC(=O)Nc1cccc(C=Cc2nc(N3CCN(Cc4cccnc4)CC3)ccc2C)c1)C(=O)O. The molecule has 1 amide bonds. The molecule has 0 atom stereocenters. The van der Waals surface area contributed by atoms with E-state index in [1.54, 1.807) is 6.20 Å². The molecule has 0 radical (unpaired) electrons. The fraction of sp³-hybridized carbons (Fsp3) is 0.375. The Balaban J connectivity index is 1.38. The van der Waals surface area contributed by atoms with Gasteiger partial charge in [0, 0.05) is 57.2 Å². The van der Waals surface area contributed by atoms with Crippen molar-refractivity contribution in [1.29, 1.82) is 0 Å². The molecule has 0 bridgehead atoms. The van der Waals surface area contributed by atoms with E-state index in [2.05, 4.69) is 45.2 Å². The van der Waals surface area contributed by atoms with Crippen LogP contribution < -0.4 is 10.2 Å². The normalized spacial score (nSPS) is 14.4. The van der Waals surface area contributed by atoms with Gasteiger partial charge < -0.3 is 15.3 Å². The van der Waals surface area contributed by atoms with Crippen LogP contribution in [0.25, 0.3) is 12.2 Å². The number of rotatable bonds is 11. The Morgan fingerprint density at radius 2 is 1.80 bits per heavy atom. The van der Waals surface area contributed by atoms with E-state index in [9.17, 15) is 14.7 Å². The summed E-state index contributed by atoms with van der Waals surface area (Å²) in [5.41, 5.74) is 3.74. The second-order valence-electron chi connectivity index (χ2n) is 10.5. The average Bonchev–Trinajstić information content (AvgIpc) is 2.96. The molecule has 1 saturated heterocycles. The van der Waals surface area contributed by atoms with Crippen LogP contribution in [0.2, 0.25) is 0 Å². The van der Waals surface area contributed by atoms with Gasteiger partial charge >= 0.3 is 5.97 Å². The molecule has 8 heteroatoms. The van der Waals surface area contributed by atoms with Gasteiger partial charge in [0.2, 0.25) is 5.91 Å². The van der Waals surface area contributed by atoms with E-state index in [1.807, 2.05) is 62.5 Å². The van der Waals surface area contributed by atoms with Gasteiger partial charge in [0.25, 0.3) is 0 Å². The highest BCUT2D eigenvalue weighted by Gasteiger charge is 2.37. The Morgan fingerprint density at radius 3 is 2.48 bits per heavy atom. The molecule has 1 aliphatic rings. The smallest absolute Gasteiger partial charge is 0.310 e. The van der Waals surface area contributed by atoms with Gasteiger partial charge in [-0.05, 0) is 66.8 Å². The molecule has 0 unspecified atom stereocenters. The Labute approximate surface area is 236 Å². The number of carboxylic acids is 1. The van der Waals surface area contributed by atoms with Gasteiger partial charge in [0.15, 0.2) is 0 Å². The average molecular weight is 542 g/mol. The number of hydrogen-bond acceptors (Lipinski definition) is 6. The number of nitrogens with one attached hydrogen (secondary N) is 1. The quantitative estimate of drug-likeness (QED) is 0.331. The number of benzene rings is 1. The van der Waals surface area contributed by atoms with Crippen LogP contribution in [0.4, 0.5) is 11.5 Å². The minimum atomic E-state index is -1.04. The topological polar surface area (TPSA) is 98.7 Å². The fourth-order valence-corrected chi connectivity index (χ4v) is 5.05. The molecule has 0 saturated carbocycles. The first-order valence-corrected chi connectivity index (χ1v) is 14.0. The van der Waals surface area contributed by atoms with Gasteiger partial charge in [-0.1, -0.05) is 44.2 Å². The predicted molar refractivity (Wildman–Crippen MR) is 160 cm³/mol. The Hall–Kier alpha value is -4.04. The highest BCUT2D eigenvalue weighted by Crippen LogP contribution is 2.31. The van der Waals surface area contributed by atoms with Gasteiger partial charge in [0.1, 0.15) is 5.82 Å². The lowest BCUT2D eigenvalue weighted by atomic mass is 9.79. The van der Waals surface area contributed by atoms with Crippen LogP contribution in [0.1, 0.15) is 55.5 Å². The molecule has 3 heterocycles. The fourth-order valence-electron chi connectivity index (χ4n) is 5.05. The maximum atomic E-state index is 12.7. The van der Waals surface area contributed by atoms with Crippen molar-refractivity contribution in [2.75, 3.05) is 36.4 Å². The third-order valence-corrected chi connectivity index (χ3v) is 7.86. The van der Waals surface area contributed by atoms with Crippen molar-refractivity contribution in [3.05, 3.63) is 83.3 Å². The van der Waals surface area contributed by atoms with Gasteiger partial charge in [-0.15, -0.1) is 0 Å². The molecule has 1 fully saturated rings. The number of nitrogens with zero attached hydrogens (tertiary/aromatic N) is 4. The molecule has 2 aromatic heterocycles. The second-order valence-corrected chi connectivity index (χ2v) is 10.5. The number of hydrogen-bond donors (Lipinski definition) is 2. The number of carboxylic acid groups (broad SMARTS) is 1. The van der Waals surface area contributed by atoms with Crippen molar-refractivity contribution in [2.24, 2.45) is 5.41 Å². The van der Waals surface area contributed by atoms with Crippen LogP contribution in [0.15, 0.2) is 60.9 Å². The molecular formula is C32H39N5O3. The molecule has 4 rings (SSSR count). The molecule has 40 heavy (non-hydrogen) atoms. The minimum absolute atomic E-state index is 0.0525. The van der Waals surface area contributed by atoms with Crippen molar-refractivity contribution in [3.63, 3.8) is 0 Å². The van der Waals surface area contributed by atoms with E-state index in [1.165, 1.54) is 5.56 Å². The van der Waals surface area contributed by atoms with Crippen LogP contribution in [-0.2, 0) is 16.1 Å². The van der Waals surface area contributed by atoms with Crippen molar-refractivity contribution < 1.29 is 14.7 Å². The zero-order valence-corrected chi connectivity index (χ0v) is 23.6. The Bertz CT molecular complexity index is 1330. The van der Waals surface area contributed by atoms with Crippen LogP contribution in [0.5, 0.6) is 0 Å². The third-order valence-electron chi connectivity index (χ3n) is 7.86. The van der Waals surface area contributed by atoms with E-state index in [0.29, 0.717) is 18.5 Å². The first-order valence-electron chi connectivity index (χ1n) is 14.0. The minimum Gasteiger partial charge on any atom is -0.481 e. The van der Waals surface area contributed by atoms with Crippen LogP contribution in [0, 0.1) is 12.3 Å². The summed E-state index contributed by atoms with van der Waals surface area (Å²) in [5, 5.41) is 12.5. The number of aromatic nitrogens is 2. The monoisotopic (exact) mass is 541 g/mol. The lowest BCUT2D eigenvalue weighted by Crippen LogP contribution is -2.46. The van der Waals surface area contributed by atoms with E-state index >= 15 is 0 Å². The maximum absolute atomic E-state index is 12.7. The molecule has 0 spiro atoms. The highest BCUT2D eigenvalue weighted by atomic mass is 16.4. The summed E-state index contributed by atoms with van der Waals surface area (Å²) in [4.78, 5) is 38.4. The zero-order chi connectivity index (χ0) is 28.5. The summed E-state index contributed by atoms with van der Waals surface area (Å²) in [5.74, 6) is -0.250. The first kappa shape index (κ1) is 29.0. The van der Waals surface area contributed by atoms with E-state index in [4.69, 9.17) is 4.98 Å². The molecular weight excluding hydrogens is 502 g/mol. The molecule has 0 aliphatic carbocycles. The second kappa shape index (κ2) is 13.3. The molecule has 210 valence electrons. The number of carbonyl (C=O) groups is 2. The van der Waals surface area contributed by atoms with Crippen molar-refractivity contribution >= 4 is 35.5 Å². The van der Waals surface area contributed by atoms with Gasteiger partial charge in [-0.3, -0.25) is 19.5 Å². The standard InChI is InChI=1S/C32H39N5O3/c1-4-32(5-2,31(39)40)21-30(38)34-27-10-6-8-25(20-27)12-13-28-24(3)11-14-29(35-28)37-18-16-36(17-19-37)23-26-9-7-15-33-22-26/h6-15,20,22H,4-5,16-19,21,23H2,1-3H3,(H,34,38)(H,39,40). The van der Waals surface area contributed by atoms with Gasteiger partial charge in [-0.2, -0.15) is 0 Å². The molecule has 8 nitrogen and oxygen atoms in total. The van der Waals surface area contributed by atoms with Gasteiger partial charge in [-0.25, -0.2) is 4.98 Å². The Kier molecular flexibility index (Phi) is 9.66. The third kappa shape index (κ3) is 7.33. The highest BCUT2D eigenvalue weighted by molar-refractivity contribution is 5.94. The number of aliphatic carboxylic acids is 1. The molecule has 2 N–H and O–H groups in total. The molecule has 1 aliphatic heterocycles. The summed E-state index contributed by atoms with van der Waals surface area (Å²) >= 11 is 0. The Morgan fingerprint density at radius 1 is 1.02 bits per heavy atom. The summed E-state index contributed by atoms with van der Waals surface area (Å²) in [6.07, 6.45) is 8.48. The number of pyridine rings is 2. The van der Waals surface area contributed by atoms with Crippen LogP contribution in [-0.4, -0.2) is 58.0 Å².